The van der Waals surface area contributed by atoms with Gasteiger partial charge in [-0.05, 0) is 37.5 Å². The fraction of sp³-hybridized carbons (Fsp3) is 0.500. The smallest absolute Gasteiger partial charge is 0.0579 e. The number of ether oxygens (including phenoxy) is 1. The maximum Gasteiger partial charge on any atom is 0.0579 e. The number of nitrogens with one attached hydrogen (secondary N) is 1. The lowest BCUT2D eigenvalue weighted by Gasteiger charge is -2.25. The van der Waals surface area contributed by atoms with E-state index in [0.717, 1.165) is 42.3 Å². The molecule has 1 aliphatic rings. The van der Waals surface area contributed by atoms with E-state index >= 15 is 0 Å². The zero-order chi connectivity index (χ0) is 11.5. The first-order chi connectivity index (χ1) is 7.66. The van der Waals surface area contributed by atoms with Gasteiger partial charge < -0.3 is 15.8 Å². The van der Waals surface area contributed by atoms with Crippen molar-refractivity contribution in [3.05, 3.63) is 22.7 Å². The molecule has 1 fully saturated rings. The monoisotopic (exact) mass is 240 g/mol. The molecule has 0 amide bonds. The molecule has 1 aliphatic heterocycles. The molecule has 0 spiro atoms. The van der Waals surface area contributed by atoms with Crippen LogP contribution in [0.5, 0.6) is 0 Å². The fourth-order valence-corrected chi connectivity index (χ4v) is 2.06. The number of nitrogens with two attached hydrogens (primary N) is 1. The standard InChI is InChI=1S/C12H17ClN2O/c1-8-6-12(11(14)7-10(8)13)15-9-2-4-16-5-3-9/h6-7,9,15H,2-5,14H2,1H3. The summed E-state index contributed by atoms with van der Waals surface area (Å²) in [7, 11) is 0. The lowest BCUT2D eigenvalue weighted by molar-refractivity contribution is 0.0904. The largest absolute Gasteiger partial charge is 0.397 e. The highest BCUT2D eigenvalue weighted by molar-refractivity contribution is 6.31. The third-order valence-electron chi connectivity index (χ3n) is 2.91. The minimum Gasteiger partial charge on any atom is -0.397 e. The highest BCUT2D eigenvalue weighted by atomic mass is 35.5. The molecule has 0 bridgehead atoms. The maximum absolute atomic E-state index is 6.00. The Bertz CT molecular complexity index is 376. The second-order valence-corrected chi connectivity index (χ2v) is 4.63. The second-order valence-electron chi connectivity index (χ2n) is 4.22. The van der Waals surface area contributed by atoms with Gasteiger partial charge >= 0.3 is 0 Å². The Balaban J connectivity index is 2.11. The van der Waals surface area contributed by atoms with Gasteiger partial charge in [0.1, 0.15) is 0 Å². The van der Waals surface area contributed by atoms with Crippen molar-refractivity contribution < 1.29 is 4.74 Å². The van der Waals surface area contributed by atoms with Crippen LogP contribution in [0.3, 0.4) is 0 Å². The van der Waals surface area contributed by atoms with E-state index in [2.05, 4.69) is 5.32 Å². The number of hydrogen-bond acceptors (Lipinski definition) is 3. The van der Waals surface area contributed by atoms with E-state index in [1.165, 1.54) is 0 Å². The van der Waals surface area contributed by atoms with Crippen LogP contribution in [-0.4, -0.2) is 19.3 Å². The predicted molar refractivity (Wildman–Crippen MR) is 68.1 cm³/mol. The number of halogens is 1. The molecule has 3 N–H and O–H groups in total. The summed E-state index contributed by atoms with van der Waals surface area (Å²) in [5.41, 5.74) is 8.67. The summed E-state index contributed by atoms with van der Waals surface area (Å²) < 4.78 is 5.32. The lowest BCUT2D eigenvalue weighted by Crippen LogP contribution is -2.28. The normalized spacial score (nSPS) is 17.4. The highest BCUT2D eigenvalue weighted by Crippen LogP contribution is 2.28. The number of aryl methyl sites for hydroxylation is 1. The summed E-state index contributed by atoms with van der Waals surface area (Å²) >= 11 is 6.00. The molecule has 4 heteroatoms. The van der Waals surface area contributed by atoms with Crippen molar-refractivity contribution in [2.24, 2.45) is 0 Å². The van der Waals surface area contributed by atoms with Crippen LogP contribution < -0.4 is 11.1 Å². The van der Waals surface area contributed by atoms with Crippen LogP contribution in [0, 0.1) is 6.92 Å². The number of anilines is 2. The van der Waals surface area contributed by atoms with E-state index in [1.54, 1.807) is 6.07 Å². The van der Waals surface area contributed by atoms with Gasteiger partial charge in [-0.25, -0.2) is 0 Å². The third kappa shape index (κ3) is 2.60. The third-order valence-corrected chi connectivity index (χ3v) is 3.32. The van der Waals surface area contributed by atoms with Gasteiger partial charge in [-0.2, -0.15) is 0 Å². The van der Waals surface area contributed by atoms with Crippen LogP contribution in [0.15, 0.2) is 12.1 Å². The summed E-state index contributed by atoms with van der Waals surface area (Å²) in [6.45, 7) is 3.63. The Morgan fingerprint density at radius 2 is 2.06 bits per heavy atom. The van der Waals surface area contributed by atoms with Crippen molar-refractivity contribution in [2.45, 2.75) is 25.8 Å². The van der Waals surface area contributed by atoms with Crippen LogP contribution in [0.1, 0.15) is 18.4 Å². The van der Waals surface area contributed by atoms with Gasteiger partial charge in [-0.3, -0.25) is 0 Å². The van der Waals surface area contributed by atoms with E-state index in [-0.39, 0.29) is 0 Å². The van der Waals surface area contributed by atoms with Crippen molar-refractivity contribution in [3.63, 3.8) is 0 Å². The van der Waals surface area contributed by atoms with E-state index in [0.29, 0.717) is 11.7 Å². The maximum atomic E-state index is 6.00. The first-order valence-corrected chi connectivity index (χ1v) is 5.94. The van der Waals surface area contributed by atoms with E-state index < -0.39 is 0 Å². The topological polar surface area (TPSA) is 47.3 Å². The molecule has 0 unspecified atom stereocenters. The molecule has 2 rings (SSSR count). The zero-order valence-corrected chi connectivity index (χ0v) is 10.2. The lowest BCUT2D eigenvalue weighted by atomic mass is 10.1. The molecule has 16 heavy (non-hydrogen) atoms. The molecular weight excluding hydrogens is 224 g/mol. The Morgan fingerprint density at radius 3 is 2.75 bits per heavy atom. The van der Waals surface area contributed by atoms with Crippen molar-refractivity contribution in [2.75, 3.05) is 24.3 Å². The average Bonchev–Trinajstić information content (AvgIpc) is 2.27. The van der Waals surface area contributed by atoms with E-state index in [9.17, 15) is 0 Å². The molecule has 0 radical (unpaired) electrons. The first-order valence-electron chi connectivity index (χ1n) is 5.56. The molecule has 1 heterocycles. The Hall–Kier alpha value is -0.930. The highest BCUT2D eigenvalue weighted by Gasteiger charge is 2.14. The van der Waals surface area contributed by atoms with Gasteiger partial charge in [0.25, 0.3) is 0 Å². The van der Waals surface area contributed by atoms with E-state index in [4.69, 9.17) is 22.1 Å². The van der Waals surface area contributed by atoms with Crippen molar-refractivity contribution in [1.29, 1.82) is 0 Å². The predicted octanol–water partition coefficient (Wildman–Crippen LogP) is 2.82. The molecule has 0 atom stereocenters. The summed E-state index contributed by atoms with van der Waals surface area (Å²) in [6, 6.07) is 4.27. The molecule has 3 nitrogen and oxygen atoms in total. The SMILES string of the molecule is Cc1cc(NC2CCOCC2)c(N)cc1Cl. The zero-order valence-electron chi connectivity index (χ0n) is 9.42. The van der Waals surface area contributed by atoms with Gasteiger partial charge in [0.05, 0.1) is 11.4 Å². The van der Waals surface area contributed by atoms with Gasteiger partial charge in [0.2, 0.25) is 0 Å². The van der Waals surface area contributed by atoms with Crippen LogP contribution in [0.25, 0.3) is 0 Å². The van der Waals surface area contributed by atoms with Crippen LogP contribution in [-0.2, 0) is 4.74 Å². The first kappa shape index (κ1) is 11.6. The molecular formula is C12H17ClN2O. The molecule has 1 saturated heterocycles. The number of benzene rings is 1. The Kier molecular flexibility index (Phi) is 3.56. The summed E-state index contributed by atoms with van der Waals surface area (Å²) in [5.74, 6) is 0. The number of hydrogen-bond donors (Lipinski definition) is 2. The van der Waals surface area contributed by atoms with Crippen molar-refractivity contribution >= 4 is 23.0 Å². The number of rotatable bonds is 2. The molecule has 0 aliphatic carbocycles. The summed E-state index contributed by atoms with van der Waals surface area (Å²) in [4.78, 5) is 0. The fourth-order valence-electron chi connectivity index (χ4n) is 1.88. The Labute approximate surface area is 101 Å². The van der Waals surface area contributed by atoms with E-state index in [1.807, 2.05) is 13.0 Å². The summed E-state index contributed by atoms with van der Waals surface area (Å²) in [5, 5.41) is 4.17. The minimum absolute atomic E-state index is 0.455. The second kappa shape index (κ2) is 4.93. The molecule has 0 aromatic heterocycles. The molecule has 1 aromatic carbocycles. The minimum atomic E-state index is 0.455. The Morgan fingerprint density at radius 1 is 1.38 bits per heavy atom. The molecule has 1 aromatic rings. The van der Waals surface area contributed by atoms with Crippen LogP contribution in [0.2, 0.25) is 5.02 Å². The molecule has 0 saturated carbocycles. The van der Waals surface area contributed by atoms with Gasteiger partial charge in [0, 0.05) is 24.3 Å². The average molecular weight is 241 g/mol. The van der Waals surface area contributed by atoms with Gasteiger partial charge in [-0.1, -0.05) is 11.6 Å². The number of nitrogen functional groups attached to an aromatic ring is 1. The van der Waals surface area contributed by atoms with Gasteiger partial charge in [0.15, 0.2) is 0 Å². The van der Waals surface area contributed by atoms with Crippen LogP contribution in [0.4, 0.5) is 11.4 Å². The van der Waals surface area contributed by atoms with Crippen molar-refractivity contribution in [3.8, 4) is 0 Å². The summed E-state index contributed by atoms with van der Waals surface area (Å²) in [6.07, 6.45) is 2.06. The van der Waals surface area contributed by atoms with Gasteiger partial charge in [-0.15, -0.1) is 0 Å². The quantitative estimate of drug-likeness (QED) is 0.782. The van der Waals surface area contributed by atoms with Crippen molar-refractivity contribution in [1.82, 2.24) is 0 Å². The molecule has 88 valence electrons. The van der Waals surface area contributed by atoms with Crippen LogP contribution >= 0.6 is 11.6 Å².